The first-order chi connectivity index (χ1) is 16.1. The molecule has 1 unspecified atom stereocenters. The van der Waals surface area contributed by atoms with Gasteiger partial charge in [-0.1, -0.05) is 12.1 Å². The molecule has 0 aliphatic carbocycles. The van der Waals surface area contributed by atoms with Gasteiger partial charge >= 0.3 is 5.97 Å². The largest absolute Gasteiger partial charge is 0.495 e. The number of furan rings is 1. The van der Waals surface area contributed by atoms with Gasteiger partial charge in [0.15, 0.2) is 6.10 Å². The third kappa shape index (κ3) is 6.03. The van der Waals surface area contributed by atoms with Crippen molar-refractivity contribution in [2.45, 2.75) is 38.3 Å². The van der Waals surface area contributed by atoms with Crippen LogP contribution in [-0.2, 0) is 26.1 Å². The zero-order valence-corrected chi connectivity index (χ0v) is 20.1. The Morgan fingerprint density at radius 1 is 1.09 bits per heavy atom. The fraction of sp³-hybridized carbons (Fsp3) is 0.250. The highest BCUT2D eigenvalue weighted by atomic mass is 32.2. The lowest BCUT2D eigenvalue weighted by molar-refractivity contribution is -0.123. The molecule has 10 heteroatoms. The van der Waals surface area contributed by atoms with Crippen LogP contribution in [0.1, 0.15) is 34.2 Å². The standard InChI is InChI=1S/C24H26N2O7S/c1-15-7-10-22(31-4)21(12-15)26-23(27)17(3)33-24(28)20-13-19(9-8-16(20)2)34(29,30)25-14-18-6-5-11-32-18/h5-13,17,25H,14H2,1-4H3,(H,26,27). The fourth-order valence-electron chi connectivity index (χ4n) is 3.08. The molecule has 0 aliphatic rings. The van der Waals surface area contributed by atoms with Gasteiger partial charge in [-0.3, -0.25) is 4.79 Å². The molecule has 0 spiro atoms. The number of methoxy groups -OCH3 is 1. The fourth-order valence-corrected chi connectivity index (χ4v) is 4.10. The third-order valence-electron chi connectivity index (χ3n) is 5.02. The molecule has 3 aromatic rings. The van der Waals surface area contributed by atoms with Crippen LogP contribution in [0, 0.1) is 13.8 Å². The summed E-state index contributed by atoms with van der Waals surface area (Å²) in [5.41, 5.74) is 1.90. The Hall–Kier alpha value is -3.63. The number of esters is 1. The van der Waals surface area contributed by atoms with E-state index in [1.807, 2.05) is 13.0 Å². The Morgan fingerprint density at radius 2 is 1.85 bits per heavy atom. The number of carbonyl (C=O) groups is 2. The lowest BCUT2D eigenvalue weighted by Crippen LogP contribution is -2.30. The van der Waals surface area contributed by atoms with E-state index in [1.165, 1.54) is 38.5 Å². The van der Waals surface area contributed by atoms with E-state index in [1.54, 1.807) is 31.2 Å². The number of benzene rings is 2. The molecule has 1 atom stereocenters. The topological polar surface area (TPSA) is 124 Å². The van der Waals surface area contributed by atoms with Gasteiger partial charge in [-0.15, -0.1) is 0 Å². The van der Waals surface area contributed by atoms with Crippen molar-refractivity contribution in [3.8, 4) is 5.75 Å². The zero-order chi connectivity index (χ0) is 24.9. The highest BCUT2D eigenvalue weighted by molar-refractivity contribution is 7.89. The molecule has 0 bridgehead atoms. The number of aryl methyl sites for hydroxylation is 2. The Labute approximate surface area is 198 Å². The molecule has 0 saturated heterocycles. The average Bonchev–Trinajstić information content (AvgIpc) is 3.32. The summed E-state index contributed by atoms with van der Waals surface area (Å²) < 4.78 is 43.4. The summed E-state index contributed by atoms with van der Waals surface area (Å²) in [7, 11) is -2.43. The highest BCUT2D eigenvalue weighted by Crippen LogP contribution is 2.25. The van der Waals surface area contributed by atoms with E-state index >= 15 is 0 Å². The number of hydrogen-bond acceptors (Lipinski definition) is 7. The van der Waals surface area contributed by atoms with Crippen molar-refractivity contribution in [2.75, 3.05) is 12.4 Å². The first-order valence-electron chi connectivity index (χ1n) is 10.4. The van der Waals surface area contributed by atoms with Crippen LogP contribution in [0.5, 0.6) is 5.75 Å². The van der Waals surface area contributed by atoms with Gasteiger partial charge in [0.05, 0.1) is 36.1 Å². The number of anilines is 1. The smallest absolute Gasteiger partial charge is 0.339 e. The van der Waals surface area contributed by atoms with Crippen molar-refractivity contribution < 1.29 is 31.9 Å². The summed E-state index contributed by atoms with van der Waals surface area (Å²) >= 11 is 0. The summed E-state index contributed by atoms with van der Waals surface area (Å²) in [6.45, 7) is 4.90. The van der Waals surface area contributed by atoms with E-state index in [0.717, 1.165) is 5.56 Å². The van der Waals surface area contributed by atoms with Gasteiger partial charge in [0.2, 0.25) is 10.0 Å². The average molecular weight is 487 g/mol. The Balaban J connectivity index is 1.71. The SMILES string of the molecule is COc1ccc(C)cc1NC(=O)C(C)OC(=O)c1cc(S(=O)(=O)NCc2ccco2)ccc1C. The van der Waals surface area contributed by atoms with Gasteiger partial charge in [-0.25, -0.2) is 17.9 Å². The predicted molar refractivity (Wildman–Crippen MR) is 125 cm³/mol. The molecular weight excluding hydrogens is 460 g/mol. The monoisotopic (exact) mass is 486 g/mol. The second-order valence-electron chi connectivity index (χ2n) is 7.62. The van der Waals surface area contributed by atoms with Gasteiger partial charge in [-0.05, 0) is 68.3 Å². The number of carbonyl (C=O) groups excluding carboxylic acids is 2. The molecule has 1 heterocycles. The highest BCUT2D eigenvalue weighted by Gasteiger charge is 2.23. The summed E-state index contributed by atoms with van der Waals surface area (Å²) in [6.07, 6.45) is 0.296. The Morgan fingerprint density at radius 3 is 2.53 bits per heavy atom. The Bertz CT molecular complexity index is 1280. The lowest BCUT2D eigenvalue weighted by Gasteiger charge is -2.16. The molecule has 34 heavy (non-hydrogen) atoms. The normalized spacial score (nSPS) is 12.1. The minimum absolute atomic E-state index is 0.0358. The summed E-state index contributed by atoms with van der Waals surface area (Å²) in [5.74, 6) is -0.466. The minimum atomic E-state index is -3.92. The van der Waals surface area contributed by atoms with Crippen LogP contribution in [0.25, 0.3) is 0 Å². The van der Waals surface area contributed by atoms with E-state index in [0.29, 0.717) is 22.8 Å². The van der Waals surface area contributed by atoms with Crippen LogP contribution >= 0.6 is 0 Å². The number of hydrogen-bond donors (Lipinski definition) is 2. The van der Waals surface area contributed by atoms with Crippen molar-refractivity contribution in [1.29, 1.82) is 0 Å². The summed E-state index contributed by atoms with van der Waals surface area (Å²) in [6, 6.07) is 12.7. The minimum Gasteiger partial charge on any atom is -0.495 e. The molecule has 2 aromatic carbocycles. The number of amides is 1. The lowest BCUT2D eigenvalue weighted by atomic mass is 10.1. The van der Waals surface area contributed by atoms with Crippen LogP contribution in [0.4, 0.5) is 5.69 Å². The molecule has 0 saturated carbocycles. The molecule has 1 amide bonds. The maximum atomic E-state index is 12.8. The van der Waals surface area contributed by atoms with Crippen LogP contribution in [0.15, 0.2) is 64.1 Å². The number of sulfonamides is 1. The molecule has 0 aliphatic heterocycles. The molecule has 0 radical (unpaired) electrons. The molecule has 3 rings (SSSR count). The van der Waals surface area contributed by atoms with Crippen molar-refractivity contribution in [3.05, 3.63) is 77.2 Å². The van der Waals surface area contributed by atoms with Crippen LogP contribution in [0.3, 0.4) is 0 Å². The number of rotatable bonds is 9. The summed E-state index contributed by atoms with van der Waals surface area (Å²) in [4.78, 5) is 25.3. The van der Waals surface area contributed by atoms with Gasteiger partial charge in [-0.2, -0.15) is 0 Å². The van der Waals surface area contributed by atoms with E-state index in [4.69, 9.17) is 13.9 Å². The Kier molecular flexibility index (Phi) is 7.75. The van der Waals surface area contributed by atoms with E-state index in [2.05, 4.69) is 10.0 Å². The second-order valence-corrected chi connectivity index (χ2v) is 9.39. The van der Waals surface area contributed by atoms with E-state index < -0.39 is 28.0 Å². The molecule has 1 aromatic heterocycles. The second kappa shape index (κ2) is 10.5. The third-order valence-corrected chi connectivity index (χ3v) is 6.42. The predicted octanol–water partition coefficient (Wildman–Crippen LogP) is 3.57. The van der Waals surface area contributed by atoms with Crippen LogP contribution in [0.2, 0.25) is 0 Å². The first-order valence-corrected chi connectivity index (χ1v) is 11.9. The number of ether oxygens (including phenoxy) is 2. The molecule has 180 valence electrons. The van der Waals surface area contributed by atoms with Gasteiger partial charge in [0.25, 0.3) is 5.91 Å². The zero-order valence-electron chi connectivity index (χ0n) is 19.2. The summed E-state index contributed by atoms with van der Waals surface area (Å²) in [5, 5.41) is 2.68. The van der Waals surface area contributed by atoms with Crippen LogP contribution < -0.4 is 14.8 Å². The van der Waals surface area contributed by atoms with Crippen molar-refractivity contribution in [1.82, 2.24) is 4.72 Å². The van der Waals surface area contributed by atoms with E-state index in [-0.39, 0.29) is 17.0 Å². The molecular formula is C24H26N2O7S. The quantitative estimate of drug-likeness (QED) is 0.443. The maximum Gasteiger partial charge on any atom is 0.339 e. The van der Waals surface area contributed by atoms with Gasteiger partial charge < -0.3 is 19.2 Å². The molecule has 2 N–H and O–H groups in total. The van der Waals surface area contributed by atoms with Crippen molar-refractivity contribution in [2.24, 2.45) is 0 Å². The molecule has 9 nitrogen and oxygen atoms in total. The van der Waals surface area contributed by atoms with Crippen molar-refractivity contribution in [3.63, 3.8) is 0 Å². The van der Waals surface area contributed by atoms with Crippen molar-refractivity contribution >= 4 is 27.6 Å². The first kappa shape index (κ1) is 25.0. The maximum absolute atomic E-state index is 12.8. The van der Waals surface area contributed by atoms with E-state index in [9.17, 15) is 18.0 Å². The molecule has 0 fully saturated rings. The number of nitrogens with one attached hydrogen (secondary N) is 2. The van der Waals surface area contributed by atoms with Crippen LogP contribution in [-0.4, -0.2) is 33.5 Å². The van der Waals surface area contributed by atoms with Gasteiger partial charge in [0.1, 0.15) is 11.5 Å². The van der Waals surface area contributed by atoms with Gasteiger partial charge in [0, 0.05) is 0 Å².